The van der Waals surface area contributed by atoms with Gasteiger partial charge in [-0.3, -0.25) is 14.8 Å². The zero-order valence-corrected chi connectivity index (χ0v) is 18.2. The minimum atomic E-state index is -0.488. The molecule has 3 aromatic rings. The fourth-order valence-electron chi connectivity index (χ4n) is 3.89. The number of carbonyl (C=O) groups is 2. The fraction of sp³-hybridized carbons (Fsp3) is 0.318. The largest absolute Gasteiger partial charge is 0.347 e. The Labute approximate surface area is 184 Å². The number of para-hydroxylation sites is 2. The second kappa shape index (κ2) is 9.09. The maximum Gasteiger partial charge on any atom is 0.252 e. The van der Waals surface area contributed by atoms with Crippen LogP contribution in [0, 0.1) is 5.92 Å². The van der Waals surface area contributed by atoms with Crippen LogP contribution in [0.25, 0.3) is 11.0 Å². The molecule has 0 unspecified atom stereocenters. The first-order valence-electron chi connectivity index (χ1n) is 10.0. The Bertz CT molecular complexity index is 1100. The topological polar surface area (TPSA) is 99.5 Å². The second-order valence-corrected chi connectivity index (χ2v) is 8.35. The molecule has 0 bridgehead atoms. The van der Waals surface area contributed by atoms with E-state index in [1.807, 2.05) is 36.6 Å². The van der Waals surface area contributed by atoms with Gasteiger partial charge in [0, 0.05) is 25.7 Å². The van der Waals surface area contributed by atoms with Gasteiger partial charge in [-0.2, -0.15) is 0 Å². The maximum atomic E-state index is 12.7. The van der Waals surface area contributed by atoms with Gasteiger partial charge in [-0.1, -0.05) is 36.0 Å². The number of thioether (sulfide) groups is 1. The normalized spacial score (nSPS) is 18.3. The van der Waals surface area contributed by atoms with Gasteiger partial charge in [-0.05, 0) is 36.1 Å². The molecule has 9 heteroatoms. The van der Waals surface area contributed by atoms with Crippen LogP contribution in [-0.2, 0) is 11.3 Å². The Balaban J connectivity index is 1.46. The predicted molar refractivity (Wildman–Crippen MR) is 119 cm³/mol. The van der Waals surface area contributed by atoms with Crippen LogP contribution in [0.1, 0.15) is 15.9 Å². The molecule has 0 aliphatic carbocycles. The molecule has 2 heterocycles. The Morgan fingerprint density at radius 3 is 2.68 bits per heavy atom. The molecule has 0 saturated carbocycles. The van der Waals surface area contributed by atoms with Crippen LogP contribution in [0.3, 0.4) is 0 Å². The van der Waals surface area contributed by atoms with Crippen LogP contribution < -0.4 is 10.6 Å². The van der Waals surface area contributed by atoms with Gasteiger partial charge in [-0.25, -0.2) is 10.0 Å². The van der Waals surface area contributed by atoms with Crippen molar-refractivity contribution in [3.8, 4) is 0 Å². The molecule has 1 aliphatic heterocycles. The molecule has 3 N–H and O–H groups in total. The summed E-state index contributed by atoms with van der Waals surface area (Å²) in [6.45, 7) is 1.56. The van der Waals surface area contributed by atoms with Crippen LogP contribution in [0.5, 0.6) is 0 Å². The monoisotopic (exact) mass is 439 g/mol. The lowest BCUT2D eigenvalue weighted by Gasteiger charge is -2.21. The summed E-state index contributed by atoms with van der Waals surface area (Å²) >= 11 is 1.60. The lowest BCUT2D eigenvalue weighted by atomic mass is 10.0. The summed E-state index contributed by atoms with van der Waals surface area (Å²) in [7, 11) is 1.30. The number of rotatable bonds is 6. The van der Waals surface area contributed by atoms with Crippen LogP contribution >= 0.6 is 11.8 Å². The van der Waals surface area contributed by atoms with Crippen molar-refractivity contribution in [2.45, 2.75) is 17.7 Å². The number of fused-ring (bicyclic) bond motifs is 1. The van der Waals surface area contributed by atoms with E-state index < -0.39 is 11.8 Å². The van der Waals surface area contributed by atoms with E-state index in [2.05, 4.69) is 26.3 Å². The third kappa shape index (κ3) is 4.43. The predicted octanol–water partition coefficient (Wildman–Crippen LogP) is 1.97. The van der Waals surface area contributed by atoms with E-state index in [1.54, 1.807) is 23.9 Å². The highest BCUT2D eigenvalue weighted by Crippen LogP contribution is 2.23. The third-order valence-corrected chi connectivity index (χ3v) is 6.20. The maximum absolute atomic E-state index is 12.7. The summed E-state index contributed by atoms with van der Waals surface area (Å²) in [5.41, 5.74) is 3.63. The number of imidazole rings is 1. The molecule has 162 valence electrons. The Kier molecular flexibility index (Phi) is 6.26. The molecule has 4 rings (SSSR count). The number of hydrogen-bond acceptors (Lipinski definition) is 6. The molecule has 2 aromatic carbocycles. The average molecular weight is 440 g/mol. The van der Waals surface area contributed by atoms with Gasteiger partial charge in [0.25, 0.3) is 11.8 Å². The zero-order chi connectivity index (χ0) is 22.0. The van der Waals surface area contributed by atoms with Crippen molar-refractivity contribution in [2.24, 2.45) is 5.92 Å². The molecule has 1 fully saturated rings. The van der Waals surface area contributed by atoms with E-state index in [-0.39, 0.29) is 11.9 Å². The number of amides is 2. The quantitative estimate of drug-likeness (QED) is 0.309. The lowest BCUT2D eigenvalue weighted by Crippen LogP contribution is -2.46. The number of hydroxylamine groups is 2. The highest BCUT2D eigenvalue weighted by Gasteiger charge is 2.35. The standard InChI is InChI=1S/C22H25N5O3S/c1-26(30)21(29)16-11-23-12-18(16)24-20(28)15-9-7-14(8-10-15)13-27-19-6-4-3-5-17(19)25-22(27)31-2/h3-10,16,18,23,30H,11-13H2,1-2H3,(H,24,28)/t16-,18+/m0/s1. The van der Waals surface area contributed by atoms with Crippen molar-refractivity contribution < 1.29 is 14.8 Å². The van der Waals surface area contributed by atoms with Crippen molar-refractivity contribution in [3.63, 3.8) is 0 Å². The first kappa shape index (κ1) is 21.4. The highest BCUT2D eigenvalue weighted by atomic mass is 32.2. The molecule has 0 spiro atoms. The number of hydrogen-bond donors (Lipinski definition) is 3. The smallest absolute Gasteiger partial charge is 0.252 e. The van der Waals surface area contributed by atoms with Crippen LogP contribution in [0.4, 0.5) is 0 Å². The Morgan fingerprint density at radius 1 is 1.23 bits per heavy atom. The summed E-state index contributed by atoms with van der Waals surface area (Å²) in [6.07, 6.45) is 2.01. The van der Waals surface area contributed by atoms with Gasteiger partial charge < -0.3 is 15.2 Å². The Morgan fingerprint density at radius 2 is 1.97 bits per heavy atom. The van der Waals surface area contributed by atoms with Crippen molar-refractivity contribution >= 4 is 34.6 Å². The Hall–Kier alpha value is -2.88. The second-order valence-electron chi connectivity index (χ2n) is 7.58. The van der Waals surface area contributed by atoms with Crippen LogP contribution in [-0.4, -0.2) is 64.1 Å². The van der Waals surface area contributed by atoms with Crippen molar-refractivity contribution in [1.29, 1.82) is 0 Å². The molecular formula is C22H25N5O3S. The molecule has 2 amide bonds. The molecule has 31 heavy (non-hydrogen) atoms. The lowest BCUT2D eigenvalue weighted by molar-refractivity contribution is -0.164. The van der Waals surface area contributed by atoms with Crippen LogP contribution in [0.15, 0.2) is 53.7 Å². The van der Waals surface area contributed by atoms with Gasteiger partial charge in [-0.15, -0.1) is 0 Å². The molecule has 1 aromatic heterocycles. The van der Waals surface area contributed by atoms with E-state index >= 15 is 0 Å². The van der Waals surface area contributed by atoms with E-state index in [4.69, 9.17) is 0 Å². The number of nitrogens with zero attached hydrogens (tertiary/aromatic N) is 3. The van der Waals surface area contributed by atoms with Gasteiger partial charge in [0.05, 0.1) is 29.5 Å². The molecular weight excluding hydrogens is 414 g/mol. The SMILES string of the molecule is CSc1nc2ccccc2n1Cc1ccc(C(=O)N[C@@H]2CNC[C@@H]2C(=O)N(C)O)cc1. The molecule has 1 aliphatic rings. The highest BCUT2D eigenvalue weighted by molar-refractivity contribution is 7.98. The van der Waals surface area contributed by atoms with Crippen molar-refractivity contribution in [2.75, 3.05) is 26.4 Å². The van der Waals surface area contributed by atoms with E-state index in [0.717, 1.165) is 21.8 Å². The summed E-state index contributed by atoms with van der Waals surface area (Å²) in [5.74, 6) is -1.14. The average Bonchev–Trinajstić information content (AvgIpc) is 3.38. The molecule has 2 atom stereocenters. The minimum absolute atomic E-state index is 0.239. The summed E-state index contributed by atoms with van der Waals surface area (Å²) in [5, 5.41) is 16.9. The fourth-order valence-corrected chi connectivity index (χ4v) is 4.46. The van der Waals surface area contributed by atoms with Crippen LogP contribution in [0.2, 0.25) is 0 Å². The third-order valence-electron chi connectivity index (χ3n) is 5.53. The summed E-state index contributed by atoms with van der Waals surface area (Å²) in [6, 6.07) is 15.1. The van der Waals surface area contributed by atoms with E-state index in [0.29, 0.717) is 30.3 Å². The van der Waals surface area contributed by atoms with Crippen molar-refractivity contribution in [1.82, 2.24) is 25.2 Å². The van der Waals surface area contributed by atoms with E-state index in [1.165, 1.54) is 7.05 Å². The summed E-state index contributed by atoms with van der Waals surface area (Å²) < 4.78 is 2.17. The summed E-state index contributed by atoms with van der Waals surface area (Å²) in [4.78, 5) is 29.5. The molecule has 8 nitrogen and oxygen atoms in total. The number of carbonyl (C=O) groups excluding carboxylic acids is 2. The first-order chi connectivity index (χ1) is 15.0. The van der Waals surface area contributed by atoms with Crippen molar-refractivity contribution in [3.05, 3.63) is 59.7 Å². The number of benzene rings is 2. The number of nitrogens with one attached hydrogen (secondary N) is 2. The van der Waals surface area contributed by atoms with Gasteiger partial charge in [0.2, 0.25) is 0 Å². The minimum Gasteiger partial charge on any atom is -0.347 e. The molecule has 0 radical (unpaired) electrons. The number of aromatic nitrogens is 2. The van der Waals surface area contributed by atoms with Gasteiger partial charge >= 0.3 is 0 Å². The zero-order valence-electron chi connectivity index (χ0n) is 17.4. The van der Waals surface area contributed by atoms with E-state index in [9.17, 15) is 14.8 Å². The molecule has 1 saturated heterocycles. The first-order valence-corrected chi connectivity index (χ1v) is 11.3. The van der Waals surface area contributed by atoms with Gasteiger partial charge in [0.15, 0.2) is 5.16 Å². The van der Waals surface area contributed by atoms with Gasteiger partial charge in [0.1, 0.15) is 0 Å².